The Bertz CT molecular complexity index is 148. The Balaban J connectivity index is 1.66. The summed E-state index contributed by atoms with van der Waals surface area (Å²) >= 11 is 0. The van der Waals surface area contributed by atoms with Crippen LogP contribution in [0.25, 0.3) is 0 Å². The summed E-state index contributed by atoms with van der Waals surface area (Å²) in [5, 5.41) is 0. The summed E-state index contributed by atoms with van der Waals surface area (Å²) in [6.45, 7) is 7.09. The molecule has 2 heterocycles. The molecule has 2 rings (SSSR count). The predicted octanol–water partition coefficient (Wildman–Crippen LogP) is 0.115. The van der Waals surface area contributed by atoms with Crippen molar-refractivity contribution in [2.24, 2.45) is 5.73 Å². The Morgan fingerprint density at radius 1 is 1.08 bits per heavy atom. The van der Waals surface area contributed by atoms with Gasteiger partial charge in [0.05, 0.1) is 0 Å². The van der Waals surface area contributed by atoms with Gasteiger partial charge in [0.25, 0.3) is 0 Å². The van der Waals surface area contributed by atoms with Crippen molar-refractivity contribution >= 4 is 0 Å². The van der Waals surface area contributed by atoms with Crippen LogP contribution in [0.4, 0.5) is 0 Å². The first-order valence-corrected chi connectivity index (χ1v) is 5.56. The third-order valence-electron chi connectivity index (χ3n) is 3.29. The van der Waals surface area contributed by atoms with Crippen molar-refractivity contribution in [1.82, 2.24) is 9.80 Å². The second kappa shape index (κ2) is 4.40. The third kappa shape index (κ3) is 2.22. The average molecular weight is 183 g/mol. The lowest BCUT2D eigenvalue weighted by Gasteiger charge is -2.46. The molecular weight excluding hydrogens is 162 g/mol. The van der Waals surface area contributed by atoms with E-state index in [9.17, 15) is 0 Å². The van der Waals surface area contributed by atoms with Gasteiger partial charge in [0, 0.05) is 32.2 Å². The SMILES string of the molecule is NCCN1CC(N2CCCCC2)C1. The zero-order chi connectivity index (χ0) is 9.10. The molecular formula is C10H21N3. The Kier molecular flexibility index (Phi) is 3.19. The van der Waals surface area contributed by atoms with Crippen LogP contribution >= 0.6 is 0 Å². The van der Waals surface area contributed by atoms with Gasteiger partial charge in [0.2, 0.25) is 0 Å². The van der Waals surface area contributed by atoms with Gasteiger partial charge < -0.3 is 5.73 Å². The molecule has 76 valence electrons. The van der Waals surface area contributed by atoms with Gasteiger partial charge in [-0.3, -0.25) is 9.80 Å². The molecule has 0 aromatic carbocycles. The van der Waals surface area contributed by atoms with Crippen molar-refractivity contribution in [3.63, 3.8) is 0 Å². The second-order valence-electron chi connectivity index (χ2n) is 4.30. The Labute approximate surface area is 80.9 Å². The smallest absolute Gasteiger partial charge is 0.0350 e. The molecule has 0 amide bonds. The van der Waals surface area contributed by atoms with Crippen molar-refractivity contribution in [3.05, 3.63) is 0 Å². The number of rotatable bonds is 3. The lowest BCUT2D eigenvalue weighted by Crippen LogP contribution is -2.60. The maximum atomic E-state index is 5.51. The first-order chi connectivity index (χ1) is 6.40. The van der Waals surface area contributed by atoms with E-state index in [0.717, 1.165) is 19.1 Å². The van der Waals surface area contributed by atoms with E-state index in [-0.39, 0.29) is 0 Å². The predicted molar refractivity (Wildman–Crippen MR) is 54.7 cm³/mol. The molecule has 2 aliphatic rings. The van der Waals surface area contributed by atoms with Gasteiger partial charge in [-0.1, -0.05) is 6.42 Å². The Morgan fingerprint density at radius 2 is 1.77 bits per heavy atom. The lowest BCUT2D eigenvalue weighted by molar-refractivity contribution is 0.0255. The zero-order valence-corrected chi connectivity index (χ0v) is 8.41. The molecule has 0 aromatic rings. The van der Waals surface area contributed by atoms with Gasteiger partial charge in [-0.15, -0.1) is 0 Å². The topological polar surface area (TPSA) is 32.5 Å². The fourth-order valence-electron chi connectivity index (χ4n) is 2.42. The second-order valence-corrected chi connectivity index (χ2v) is 4.30. The molecule has 0 radical (unpaired) electrons. The van der Waals surface area contributed by atoms with E-state index in [2.05, 4.69) is 9.80 Å². The van der Waals surface area contributed by atoms with Crippen molar-refractivity contribution < 1.29 is 0 Å². The zero-order valence-electron chi connectivity index (χ0n) is 8.41. The number of nitrogens with two attached hydrogens (primary N) is 1. The summed E-state index contributed by atoms with van der Waals surface area (Å²) in [6, 6.07) is 0.854. The maximum absolute atomic E-state index is 5.51. The average Bonchev–Trinajstić information content (AvgIpc) is 2.12. The summed E-state index contributed by atoms with van der Waals surface area (Å²) in [6.07, 6.45) is 4.26. The van der Waals surface area contributed by atoms with Gasteiger partial charge >= 0.3 is 0 Å². The molecule has 2 N–H and O–H groups in total. The summed E-state index contributed by atoms with van der Waals surface area (Å²) in [5.74, 6) is 0. The van der Waals surface area contributed by atoms with Gasteiger partial charge in [-0.25, -0.2) is 0 Å². The number of nitrogens with zero attached hydrogens (tertiary/aromatic N) is 2. The first kappa shape index (κ1) is 9.44. The van der Waals surface area contributed by atoms with E-state index < -0.39 is 0 Å². The Morgan fingerprint density at radius 3 is 2.38 bits per heavy atom. The lowest BCUT2D eigenvalue weighted by atomic mass is 10.0. The quantitative estimate of drug-likeness (QED) is 0.674. The molecule has 0 bridgehead atoms. The van der Waals surface area contributed by atoms with Gasteiger partial charge in [-0.2, -0.15) is 0 Å². The van der Waals surface area contributed by atoms with Gasteiger partial charge in [0.15, 0.2) is 0 Å². The summed E-state index contributed by atoms with van der Waals surface area (Å²) in [7, 11) is 0. The van der Waals surface area contributed by atoms with Gasteiger partial charge in [0.1, 0.15) is 0 Å². The third-order valence-corrected chi connectivity index (χ3v) is 3.29. The van der Waals surface area contributed by atoms with E-state index in [1.54, 1.807) is 0 Å². The fraction of sp³-hybridized carbons (Fsp3) is 1.00. The highest BCUT2D eigenvalue weighted by atomic mass is 15.3. The molecule has 0 unspecified atom stereocenters. The highest BCUT2D eigenvalue weighted by Crippen LogP contribution is 2.18. The minimum atomic E-state index is 0.812. The molecule has 2 aliphatic heterocycles. The monoisotopic (exact) mass is 183 g/mol. The number of hydrogen-bond donors (Lipinski definition) is 1. The Hall–Kier alpha value is -0.120. The molecule has 2 saturated heterocycles. The van der Waals surface area contributed by atoms with Crippen LogP contribution in [-0.4, -0.2) is 55.1 Å². The van der Waals surface area contributed by atoms with Crippen LogP contribution in [0.15, 0.2) is 0 Å². The van der Waals surface area contributed by atoms with E-state index in [4.69, 9.17) is 5.73 Å². The fourth-order valence-corrected chi connectivity index (χ4v) is 2.42. The molecule has 0 saturated carbocycles. The largest absolute Gasteiger partial charge is 0.329 e. The number of hydrogen-bond acceptors (Lipinski definition) is 3. The minimum absolute atomic E-state index is 0.812. The van der Waals surface area contributed by atoms with Crippen LogP contribution in [0.3, 0.4) is 0 Å². The van der Waals surface area contributed by atoms with Crippen molar-refractivity contribution in [2.75, 3.05) is 39.3 Å². The van der Waals surface area contributed by atoms with Crippen molar-refractivity contribution in [2.45, 2.75) is 25.3 Å². The van der Waals surface area contributed by atoms with Crippen molar-refractivity contribution in [3.8, 4) is 0 Å². The first-order valence-electron chi connectivity index (χ1n) is 5.56. The molecule has 3 nitrogen and oxygen atoms in total. The van der Waals surface area contributed by atoms with Gasteiger partial charge in [-0.05, 0) is 25.9 Å². The minimum Gasteiger partial charge on any atom is -0.329 e. The number of piperidine rings is 1. The highest BCUT2D eigenvalue weighted by molar-refractivity contribution is 4.88. The van der Waals surface area contributed by atoms with Crippen LogP contribution in [0.5, 0.6) is 0 Å². The van der Waals surface area contributed by atoms with Crippen LogP contribution in [0.2, 0.25) is 0 Å². The van der Waals surface area contributed by atoms with E-state index in [0.29, 0.717) is 0 Å². The molecule has 2 fully saturated rings. The normalized spacial score (nSPS) is 27.5. The van der Waals surface area contributed by atoms with Crippen molar-refractivity contribution in [1.29, 1.82) is 0 Å². The standard InChI is InChI=1S/C10H21N3/c11-4-7-12-8-10(9-12)13-5-2-1-3-6-13/h10H,1-9,11H2. The summed E-state index contributed by atoms with van der Waals surface area (Å²) < 4.78 is 0. The number of likely N-dealkylation sites (tertiary alicyclic amines) is 2. The van der Waals surface area contributed by atoms with Crippen LogP contribution < -0.4 is 5.73 Å². The molecule has 3 heteroatoms. The van der Waals surface area contributed by atoms with E-state index >= 15 is 0 Å². The van der Waals surface area contributed by atoms with E-state index in [1.807, 2.05) is 0 Å². The molecule has 0 spiro atoms. The van der Waals surface area contributed by atoms with Crippen LogP contribution in [-0.2, 0) is 0 Å². The molecule has 0 aromatic heterocycles. The summed E-state index contributed by atoms with van der Waals surface area (Å²) in [5.41, 5.74) is 5.51. The highest BCUT2D eigenvalue weighted by Gasteiger charge is 2.31. The maximum Gasteiger partial charge on any atom is 0.0350 e. The van der Waals surface area contributed by atoms with Crippen LogP contribution in [0, 0.1) is 0 Å². The molecule has 0 aliphatic carbocycles. The molecule has 13 heavy (non-hydrogen) atoms. The van der Waals surface area contributed by atoms with Crippen LogP contribution in [0.1, 0.15) is 19.3 Å². The molecule has 0 atom stereocenters. The van der Waals surface area contributed by atoms with E-state index in [1.165, 1.54) is 45.4 Å². The summed E-state index contributed by atoms with van der Waals surface area (Å²) in [4.78, 5) is 5.12.